The Balaban J connectivity index is 0. The van der Waals surface area contributed by atoms with Crippen LogP contribution in [0.2, 0.25) is 0 Å². The Labute approximate surface area is 105 Å². The molecule has 5 heteroatoms. The van der Waals surface area contributed by atoms with Crippen LogP contribution in [0.3, 0.4) is 0 Å². The first-order valence-corrected chi connectivity index (χ1v) is 4.32. The van der Waals surface area contributed by atoms with Gasteiger partial charge in [-0.15, -0.1) is 0 Å². The molecule has 0 aromatic rings. The maximum atomic E-state index is 11.3. The first-order valence-electron chi connectivity index (χ1n) is 4.32. The third-order valence-electron chi connectivity index (χ3n) is 1.58. The summed E-state index contributed by atoms with van der Waals surface area (Å²) in [7, 11) is 0. The van der Waals surface area contributed by atoms with Gasteiger partial charge in [-0.05, 0) is 27.3 Å². The maximum absolute atomic E-state index is 11.3. The Morgan fingerprint density at radius 3 is 2.36 bits per heavy atom. The van der Waals surface area contributed by atoms with E-state index in [-0.39, 0.29) is 43.6 Å². The van der Waals surface area contributed by atoms with Crippen LogP contribution in [0.15, 0.2) is 0 Å². The fourth-order valence-corrected chi connectivity index (χ4v) is 1.09. The molecule has 1 fully saturated rings. The number of hydrogen-bond donors (Lipinski definition) is 0. The summed E-state index contributed by atoms with van der Waals surface area (Å²) in [4.78, 5) is 13.0. The van der Waals surface area contributed by atoms with Gasteiger partial charge in [0, 0.05) is 0 Å². The summed E-state index contributed by atoms with van der Waals surface area (Å²) in [5.74, 6) is 0. The molecule has 0 spiro atoms. The topological polar surface area (TPSA) is 29.5 Å². The van der Waals surface area contributed by atoms with Crippen molar-refractivity contribution in [3.8, 4) is 0 Å². The predicted octanol–water partition coefficient (Wildman–Crippen LogP) is -0.819. The summed E-state index contributed by atoms with van der Waals surface area (Å²) < 4.78 is 5.18. The third-order valence-corrected chi connectivity index (χ3v) is 1.58. The van der Waals surface area contributed by atoms with Crippen molar-refractivity contribution in [2.45, 2.75) is 39.2 Å². The Morgan fingerprint density at radius 1 is 1.43 bits per heavy atom. The van der Waals surface area contributed by atoms with Crippen LogP contribution in [0.5, 0.6) is 0 Å². The number of ether oxygens (including phenoxy) is 1. The van der Waals surface area contributed by atoms with Crippen LogP contribution >= 0.6 is 0 Å². The van der Waals surface area contributed by atoms with Gasteiger partial charge in [0.25, 0.3) is 0 Å². The number of carbonyl (C=O) groups is 1. The number of nitrogens with zero attached hydrogens (tertiary/aromatic N) is 1. The quantitative estimate of drug-likeness (QED) is 0.425. The standard InChI is InChI=1S/C9H16NO2.ClH.Zn/c1-9(2,3)12-8(11)10-6-4-5-7-10;;/h6H,4-5,7H2,1-3H3;1H;/q-1;;+2/p-1. The first kappa shape index (κ1) is 16.6. The molecular weight excluding hydrogens is 255 g/mol. The van der Waals surface area contributed by atoms with Crippen LogP contribution in [0.25, 0.3) is 0 Å². The average Bonchev–Trinajstić information content (AvgIpc) is 2.32. The van der Waals surface area contributed by atoms with E-state index in [0.717, 1.165) is 19.4 Å². The summed E-state index contributed by atoms with van der Waals surface area (Å²) in [6.45, 7) is 8.33. The van der Waals surface area contributed by atoms with Crippen LogP contribution < -0.4 is 12.4 Å². The summed E-state index contributed by atoms with van der Waals surface area (Å²) in [5, 5.41) is 0. The van der Waals surface area contributed by atoms with Gasteiger partial charge in [-0.2, -0.15) is 6.42 Å². The van der Waals surface area contributed by atoms with Crippen molar-refractivity contribution < 1.29 is 41.4 Å². The molecule has 0 atom stereocenters. The SMILES string of the molecule is CC(C)(C)OC(=O)N1[CH-]CCC1.[Cl-].[Zn+2]. The molecule has 0 N–H and O–H groups in total. The number of hydrogen-bond acceptors (Lipinski definition) is 2. The van der Waals surface area contributed by atoms with Crippen molar-refractivity contribution in [2.24, 2.45) is 0 Å². The van der Waals surface area contributed by atoms with E-state index < -0.39 is 0 Å². The molecule has 1 aliphatic heterocycles. The van der Waals surface area contributed by atoms with E-state index in [0.29, 0.717) is 0 Å². The molecule has 1 saturated heterocycles. The summed E-state index contributed by atoms with van der Waals surface area (Å²) in [5.41, 5.74) is -0.381. The molecular formula is C9H16ClNO2Zn. The van der Waals surface area contributed by atoms with Crippen molar-refractivity contribution in [1.82, 2.24) is 4.90 Å². The molecule has 3 nitrogen and oxygen atoms in total. The van der Waals surface area contributed by atoms with Gasteiger partial charge >= 0.3 is 25.6 Å². The van der Waals surface area contributed by atoms with E-state index >= 15 is 0 Å². The minimum absolute atomic E-state index is 0. The Bertz CT molecular complexity index is 176. The monoisotopic (exact) mass is 269 g/mol. The van der Waals surface area contributed by atoms with Gasteiger partial charge < -0.3 is 22.0 Å². The van der Waals surface area contributed by atoms with Crippen molar-refractivity contribution >= 4 is 6.09 Å². The predicted molar refractivity (Wildman–Crippen MR) is 46.5 cm³/mol. The van der Waals surface area contributed by atoms with Gasteiger partial charge in [0.05, 0.1) is 0 Å². The zero-order valence-electron chi connectivity index (χ0n) is 9.05. The number of rotatable bonds is 0. The fourth-order valence-electron chi connectivity index (χ4n) is 1.09. The zero-order valence-corrected chi connectivity index (χ0v) is 12.8. The summed E-state index contributed by atoms with van der Waals surface area (Å²) in [6.07, 6.45) is 1.82. The molecule has 0 aliphatic carbocycles. The van der Waals surface area contributed by atoms with Crippen LogP contribution in [0.1, 0.15) is 33.6 Å². The molecule has 1 amide bonds. The number of amides is 1. The van der Waals surface area contributed by atoms with Gasteiger partial charge in [0.2, 0.25) is 0 Å². The summed E-state index contributed by atoms with van der Waals surface area (Å²) in [6, 6.07) is 0. The van der Waals surface area contributed by atoms with Crippen LogP contribution in [-0.4, -0.2) is 23.1 Å². The second kappa shape index (κ2) is 6.63. The van der Waals surface area contributed by atoms with E-state index in [1.165, 1.54) is 0 Å². The molecule has 1 aliphatic rings. The molecule has 0 saturated carbocycles. The number of carbonyl (C=O) groups excluding carboxylic acids is 1. The van der Waals surface area contributed by atoms with Crippen LogP contribution in [0, 0.1) is 6.54 Å². The van der Waals surface area contributed by atoms with Crippen molar-refractivity contribution in [1.29, 1.82) is 0 Å². The van der Waals surface area contributed by atoms with Crippen LogP contribution in [0.4, 0.5) is 4.79 Å². The van der Waals surface area contributed by atoms with E-state index in [2.05, 4.69) is 0 Å². The van der Waals surface area contributed by atoms with Gasteiger partial charge in [0.15, 0.2) is 0 Å². The number of likely N-dealkylation sites (tertiary alicyclic amines) is 1. The van der Waals surface area contributed by atoms with E-state index in [4.69, 9.17) is 4.74 Å². The second-order valence-electron chi connectivity index (χ2n) is 4.00. The molecule has 0 aromatic heterocycles. The molecule has 1 heterocycles. The van der Waals surface area contributed by atoms with Gasteiger partial charge in [-0.1, -0.05) is 6.42 Å². The minimum atomic E-state index is -0.381. The van der Waals surface area contributed by atoms with E-state index in [1.54, 1.807) is 4.90 Å². The largest absolute Gasteiger partial charge is 2.00 e. The minimum Gasteiger partial charge on any atom is -1.00 e. The molecule has 14 heavy (non-hydrogen) atoms. The van der Waals surface area contributed by atoms with Gasteiger partial charge in [0.1, 0.15) is 5.60 Å². The van der Waals surface area contributed by atoms with Crippen LogP contribution in [-0.2, 0) is 24.2 Å². The molecule has 0 unspecified atom stereocenters. The van der Waals surface area contributed by atoms with Gasteiger partial charge in [-0.25, -0.2) is 11.3 Å². The fraction of sp³-hybridized carbons (Fsp3) is 0.778. The Kier molecular flexibility index (Phi) is 7.86. The Morgan fingerprint density at radius 2 is 2.00 bits per heavy atom. The smallest absolute Gasteiger partial charge is 1.00 e. The van der Waals surface area contributed by atoms with Crippen molar-refractivity contribution in [3.05, 3.63) is 6.54 Å². The molecule has 0 radical (unpaired) electrons. The zero-order chi connectivity index (χ0) is 9.19. The molecule has 1 rings (SSSR count). The first-order chi connectivity index (χ1) is 5.49. The second-order valence-corrected chi connectivity index (χ2v) is 4.00. The van der Waals surface area contributed by atoms with E-state index in [9.17, 15) is 4.79 Å². The Hall–Kier alpha value is 0.183. The molecule has 78 valence electrons. The van der Waals surface area contributed by atoms with E-state index in [1.807, 2.05) is 27.3 Å². The third kappa shape index (κ3) is 5.82. The average molecular weight is 271 g/mol. The summed E-state index contributed by atoms with van der Waals surface area (Å²) >= 11 is 0. The number of halogens is 1. The van der Waals surface area contributed by atoms with Crippen molar-refractivity contribution in [2.75, 3.05) is 6.54 Å². The molecule has 0 bridgehead atoms. The van der Waals surface area contributed by atoms with Gasteiger partial charge in [-0.3, -0.25) is 0 Å². The maximum Gasteiger partial charge on any atom is 2.00 e. The normalized spacial score (nSPS) is 15.5. The molecule has 0 aromatic carbocycles. The van der Waals surface area contributed by atoms with Crippen molar-refractivity contribution in [3.63, 3.8) is 0 Å².